The van der Waals surface area contributed by atoms with Crippen LogP contribution in [0.1, 0.15) is 50.3 Å². The fourth-order valence-corrected chi connectivity index (χ4v) is 2.60. The lowest BCUT2D eigenvalue weighted by Crippen LogP contribution is -2.42. The minimum absolute atomic E-state index is 0.0561. The highest BCUT2D eigenvalue weighted by molar-refractivity contribution is 5.86. The molecule has 0 aliphatic rings. The lowest BCUT2D eigenvalue weighted by atomic mass is 10.0. The molecular formula is C20H23F6NO5. The summed E-state index contributed by atoms with van der Waals surface area (Å²) in [7, 11) is 1.01. The Hall–Kier alpha value is -2.79. The van der Waals surface area contributed by atoms with Crippen LogP contribution < -0.4 is 5.32 Å². The van der Waals surface area contributed by atoms with Crippen LogP contribution in [0, 0.1) is 0 Å². The highest BCUT2D eigenvalue weighted by atomic mass is 19.4. The number of rotatable bonds is 7. The largest absolute Gasteiger partial charge is 0.467 e. The first-order valence-corrected chi connectivity index (χ1v) is 9.30. The first-order chi connectivity index (χ1) is 14.4. The Morgan fingerprint density at radius 1 is 0.938 bits per heavy atom. The molecule has 0 aliphatic carbocycles. The Morgan fingerprint density at radius 3 is 1.84 bits per heavy atom. The van der Waals surface area contributed by atoms with E-state index in [2.05, 4.69) is 10.1 Å². The SMILES string of the molecule is COC(=O)[C@@H](CCC(=O)OC(C)(C)C)NC(=O)Cc1cc(C(F)(F)F)cc(C(F)(F)F)c1. The highest BCUT2D eigenvalue weighted by Crippen LogP contribution is 2.36. The maximum Gasteiger partial charge on any atom is 0.416 e. The molecule has 12 heteroatoms. The highest BCUT2D eigenvalue weighted by Gasteiger charge is 2.37. The number of benzene rings is 1. The monoisotopic (exact) mass is 471 g/mol. The van der Waals surface area contributed by atoms with Crippen molar-refractivity contribution in [1.29, 1.82) is 0 Å². The van der Waals surface area contributed by atoms with Crippen molar-refractivity contribution in [3.63, 3.8) is 0 Å². The normalized spacial score (nSPS) is 13.3. The smallest absolute Gasteiger partial charge is 0.416 e. The zero-order valence-corrected chi connectivity index (χ0v) is 17.7. The van der Waals surface area contributed by atoms with Gasteiger partial charge >= 0.3 is 24.3 Å². The second-order valence-corrected chi connectivity index (χ2v) is 7.86. The third-order valence-electron chi connectivity index (χ3n) is 3.89. The maximum atomic E-state index is 13.0. The average Bonchev–Trinajstić information content (AvgIpc) is 2.61. The van der Waals surface area contributed by atoms with E-state index in [-0.39, 0.29) is 18.9 Å². The Morgan fingerprint density at radius 2 is 1.44 bits per heavy atom. The molecule has 0 radical (unpaired) electrons. The van der Waals surface area contributed by atoms with Crippen molar-refractivity contribution in [1.82, 2.24) is 5.32 Å². The molecule has 0 spiro atoms. The fraction of sp³-hybridized carbons (Fsp3) is 0.550. The van der Waals surface area contributed by atoms with Crippen molar-refractivity contribution in [3.8, 4) is 0 Å². The predicted octanol–water partition coefficient (Wildman–Crippen LogP) is 4.05. The number of halogens is 6. The number of carbonyl (C=O) groups excluding carboxylic acids is 3. The van der Waals surface area contributed by atoms with Crippen molar-refractivity contribution in [2.24, 2.45) is 0 Å². The van der Waals surface area contributed by atoms with Crippen LogP contribution in [0.2, 0.25) is 0 Å². The van der Waals surface area contributed by atoms with E-state index >= 15 is 0 Å². The summed E-state index contributed by atoms with van der Waals surface area (Å²) in [4.78, 5) is 35.9. The number of methoxy groups -OCH3 is 1. The number of carbonyl (C=O) groups is 3. The lowest BCUT2D eigenvalue weighted by molar-refractivity contribution is -0.155. The van der Waals surface area contributed by atoms with Crippen molar-refractivity contribution >= 4 is 17.8 Å². The molecule has 0 aromatic heterocycles. The van der Waals surface area contributed by atoms with E-state index in [0.29, 0.717) is 12.1 Å². The number of esters is 2. The fourth-order valence-electron chi connectivity index (χ4n) is 2.60. The first kappa shape index (κ1) is 27.2. The quantitative estimate of drug-likeness (QED) is 0.480. The van der Waals surface area contributed by atoms with Gasteiger partial charge in [0, 0.05) is 6.42 Å². The summed E-state index contributed by atoms with van der Waals surface area (Å²) in [5.74, 6) is -2.65. The summed E-state index contributed by atoms with van der Waals surface area (Å²) in [5, 5.41) is 2.17. The predicted molar refractivity (Wildman–Crippen MR) is 99.2 cm³/mol. The van der Waals surface area contributed by atoms with Gasteiger partial charge in [-0.3, -0.25) is 9.59 Å². The number of hydrogen-bond acceptors (Lipinski definition) is 5. The molecule has 0 fully saturated rings. The molecule has 6 nitrogen and oxygen atoms in total. The Balaban J connectivity index is 2.98. The van der Waals surface area contributed by atoms with Crippen LogP contribution in [0.4, 0.5) is 26.3 Å². The molecule has 1 atom stereocenters. The zero-order valence-electron chi connectivity index (χ0n) is 17.7. The van der Waals surface area contributed by atoms with E-state index in [4.69, 9.17) is 4.74 Å². The molecular weight excluding hydrogens is 448 g/mol. The van der Waals surface area contributed by atoms with Gasteiger partial charge < -0.3 is 14.8 Å². The first-order valence-electron chi connectivity index (χ1n) is 9.30. The Bertz CT molecular complexity index is 810. The third kappa shape index (κ3) is 9.15. The van der Waals surface area contributed by atoms with Crippen molar-refractivity contribution in [3.05, 3.63) is 34.9 Å². The number of nitrogens with one attached hydrogen (secondary N) is 1. The summed E-state index contributed by atoms with van der Waals surface area (Å²) in [6, 6.07) is -0.571. The summed E-state index contributed by atoms with van der Waals surface area (Å²) < 4.78 is 87.3. The van der Waals surface area contributed by atoms with Crippen LogP contribution in [0.25, 0.3) is 0 Å². The minimum atomic E-state index is -5.06. The molecule has 0 aliphatic heterocycles. The van der Waals surface area contributed by atoms with Crippen LogP contribution in [0.5, 0.6) is 0 Å². The topological polar surface area (TPSA) is 81.7 Å². The summed E-state index contributed by atoms with van der Waals surface area (Å²) in [6.45, 7) is 4.86. The molecule has 0 heterocycles. The molecule has 0 saturated carbocycles. The molecule has 32 heavy (non-hydrogen) atoms. The number of hydrogen-bond donors (Lipinski definition) is 1. The van der Waals surface area contributed by atoms with E-state index in [1.54, 1.807) is 20.8 Å². The van der Waals surface area contributed by atoms with Crippen LogP contribution >= 0.6 is 0 Å². The van der Waals surface area contributed by atoms with E-state index in [9.17, 15) is 40.7 Å². The van der Waals surface area contributed by atoms with Gasteiger partial charge in [0.05, 0.1) is 24.7 Å². The molecule has 180 valence electrons. The molecule has 1 rings (SSSR count). The second-order valence-electron chi connectivity index (χ2n) is 7.86. The van der Waals surface area contributed by atoms with Gasteiger partial charge in [0.15, 0.2) is 0 Å². The summed E-state index contributed by atoms with van der Waals surface area (Å²) in [6.07, 6.45) is -11.5. The average molecular weight is 471 g/mol. The van der Waals surface area contributed by atoms with Gasteiger partial charge in [0.1, 0.15) is 11.6 Å². The van der Waals surface area contributed by atoms with E-state index in [1.807, 2.05) is 0 Å². The van der Waals surface area contributed by atoms with Gasteiger partial charge in [-0.2, -0.15) is 26.3 Å². The summed E-state index contributed by atoms with van der Waals surface area (Å²) in [5.41, 5.74) is -4.48. The molecule has 1 amide bonds. The minimum Gasteiger partial charge on any atom is -0.467 e. The third-order valence-corrected chi connectivity index (χ3v) is 3.89. The van der Waals surface area contributed by atoms with Crippen molar-refractivity contribution < 1.29 is 50.2 Å². The zero-order chi connectivity index (χ0) is 24.9. The van der Waals surface area contributed by atoms with Crippen molar-refractivity contribution in [2.45, 2.75) is 64.0 Å². The van der Waals surface area contributed by atoms with Crippen LogP contribution in [0.3, 0.4) is 0 Å². The number of alkyl halides is 6. The standard InChI is InChI=1S/C20H23F6NO5/c1-18(2,3)32-16(29)6-5-14(17(30)31-4)27-15(28)9-11-7-12(19(21,22)23)10-13(8-11)20(24,25)26/h7-8,10,14H,5-6,9H2,1-4H3,(H,27,28)/t14-/m1/s1. The molecule has 0 unspecified atom stereocenters. The lowest BCUT2D eigenvalue weighted by Gasteiger charge is -2.21. The van der Waals surface area contributed by atoms with E-state index in [0.717, 1.165) is 7.11 Å². The molecule has 0 bridgehead atoms. The van der Waals surface area contributed by atoms with Crippen LogP contribution in [-0.2, 0) is 42.6 Å². The molecule has 1 N–H and O–H groups in total. The summed E-state index contributed by atoms with van der Waals surface area (Å²) >= 11 is 0. The van der Waals surface area contributed by atoms with E-state index in [1.165, 1.54) is 0 Å². The molecule has 1 aromatic rings. The van der Waals surface area contributed by atoms with Gasteiger partial charge in [0.25, 0.3) is 0 Å². The van der Waals surface area contributed by atoms with E-state index < -0.39 is 65.0 Å². The van der Waals surface area contributed by atoms with Gasteiger partial charge in [-0.1, -0.05) is 0 Å². The van der Waals surface area contributed by atoms with Crippen LogP contribution in [-0.4, -0.2) is 36.6 Å². The molecule has 1 aromatic carbocycles. The van der Waals surface area contributed by atoms with Gasteiger partial charge in [-0.05, 0) is 51.0 Å². The van der Waals surface area contributed by atoms with Gasteiger partial charge in [-0.15, -0.1) is 0 Å². The van der Waals surface area contributed by atoms with Crippen LogP contribution in [0.15, 0.2) is 18.2 Å². The molecule has 0 saturated heterocycles. The second kappa shape index (κ2) is 10.2. The maximum absolute atomic E-state index is 13.0. The van der Waals surface area contributed by atoms with Gasteiger partial charge in [-0.25, -0.2) is 4.79 Å². The Labute approximate surface area is 180 Å². The number of ether oxygens (including phenoxy) is 2. The van der Waals surface area contributed by atoms with Gasteiger partial charge in [0.2, 0.25) is 5.91 Å². The Kier molecular flexibility index (Phi) is 8.70. The number of amides is 1. The van der Waals surface area contributed by atoms with Crippen molar-refractivity contribution in [2.75, 3.05) is 7.11 Å².